The molecular formula is C52H99NO5. The maximum absolute atomic E-state index is 13.1. The number of amides is 1. The van der Waals surface area contributed by atoms with Crippen LogP contribution in [0.25, 0.3) is 0 Å². The zero-order valence-corrected chi connectivity index (χ0v) is 38.9. The van der Waals surface area contributed by atoms with Gasteiger partial charge in [0.05, 0.1) is 25.2 Å². The Kier molecular flexibility index (Phi) is 45.1. The lowest BCUT2D eigenvalue weighted by atomic mass is 10.0. The van der Waals surface area contributed by atoms with Crippen molar-refractivity contribution < 1.29 is 24.5 Å². The number of aliphatic hydroxyl groups excluding tert-OH is 2. The van der Waals surface area contributed by atoms with Gasteiger partial charge in [0.2, 0.25) is 5.91 Å². The third-order valence-electron chi connectivity index (χ3n) is 11.8. The third-order valence-corrected chi connectivity index (χ3v) is 11.8. The van der Waals surface area contributed by atoms with Gasteiger partial charge in [0.25, 0.3) is 0 Å². The van der Waals surface area contributed by atoms with Gasteiger partial charge in [-0.25, -0.2) is 0 Å². The smallest absolute Gasteiger partial charge is 0.306 e. The fourth-order valence-corrected chi connectivity index (χ4v) is 7.87. The molecule has 3 unspecified atom stereocenters. The number of hydrogen-bond donors (Lipinski definition) is 3. The van der Waals surface area contributed by atoms with Gasteiger partial charge in [-0.2, -0.15) is 0 Å². The van der Waals surface area contributed by atoms with E-state index in [0.29, 0.717) is 19.3 Å². The normalized spacial score (nSPS) is 13.4. The van der Waals surface area contributed by atoms with Crippen molar-refractivity contribution in [3.63, 3.8) is 0 Å². The molecule has 1 amide bonds. The highest BCUT2D eigenvalue weighted by Gasteiger charge is 2.24. The lowest BCUT2D eigenvalue weighted by Crippen LogP contribution is -2.46. The Morgan fingerprint density at radius 1 is 0.500 bits per heavy atom. The maximum atomic E-state index is 13.1. The molecule has 0 rings (SSSR count). The number of carbonyl (C=O) groups is 2. The molecule has 0 aliphatic rings. The number of carbonyl (C=O) groups excluding carboxylic acids is 2. The minimum Gasteiger partial charge on any atom is -0.462 e. The monoisotopic (exact) mass is 818 g/mol. The summed E-state index contributed by atoms with van der Waals surface area (Å²) in [5.41, 5.74) is 0. The minimum atomic E-state index is -0.782. The third kappa shape index (κ3) is 41.1. The molecule has 3 atom stereocenters. The van der Waals surface area contributed by atoms with Crippen molar-refractivity contribution in [1.82, 2.24) is 5.32 Å². The number of esters is 1. The van der Waals surface area contributed by atoms with E-state index in [1.165, 1.54) is 173 Å². The molecule has 0 heterocycles. The fourth-order valence-electron chi connectivity index (χ4n) is 7.87. The van der Waals surface area contributed by atoms with E-state index < -0.39 is 18.2 Å². The van der Waals surface area contributed by atoms with Gasteiger partial charge >= 0.3 is 5.97 Å². The lowest BCUT2D eigenvalue weighted by Gasteiger charge is -2.24. The van der Waals surface area contributed by atoms with Gasteiger partial charge in [-0.15, -0.1) is 0 Å². The average Bonchev–Trinajstić information content (AvgIpc) is 3.21. The predicted molar refractivity (Wildman–Crippen MR) is 250 cm³/mol. The van der Waals surface area contributed by atoms with Gasteiger partial charge in [0.15, 0.2) is 0 Å². The van der Waals surface area contributed by atoms with Crippen molar-refractivity contribution in [1.29, 1.82) is 0 Å². The number of ether oxygens (including phenoxy) is 1. The van der Waals surface area contributed by atoms with Crippen molar-refractivity contribution in [2.75, 3.05) is 6.61 Å². The van der Waals surface area contributed by atoms with Gasteiger partial charge in [0.1, 0.15) is 6.10 Å². The van der Waals surface area contributed by atoms with Crippen LogP contribution < -0.4 is 5.32 Å². The van der Waals surface area contributed by atoms with Crippen molar-refractivity contribution >= 4 is 11.9 Å². The van der Waals surface area contributed by atoms with Crippen molar-refractivity contribution in [3.05, 3.63) is 24.3 Å². The first-order valence-electron chi connectivity index (χ1n) is 25.6. The average molecular weight is 818 g/mol. The Morgan fingerprint density at radius 2 is 0.879 bits per heavy atom. The molecular weight excluding hydrogens is 719 g/mol. The zero-order valence-electron chi connectivity index (χ0n) is 38.9. The van der Waals surface area contributed by atoms with Crippen LogP contribution in [0.1, 0.15) is 271 Å². The second-order valence-electron chi connectivity index (χ2n) is 17.6. The number of rotatable bonds is 46. The molecule has 0 fully saturated rings. The van der Waals surface area contributed by atoms with E-state index in [1.807, 2.05) is 0 Å². The Labute approximate surface area is 361 Å². The largest absolute Gasteiger partial charge is 0.462 e. The zero-order chi connectivity index (χ0) is 42.4. The minimum absolute atomic E-state index is 0.0797. The van der Waals surface area contributed by atoms with Crippen LogP contribution in [-0.4, -0.2) is 46.9 Å². The van der Waals surface area contributed by atoms with Gasteiger partial charge in [-0.05, 0) is 57.8 Å². The van der Waals surface area contributed by atoms with Crippen molar-refractivity contribution in [3.8, 4) is 0 Å². The summed E-state index contributed by atoms with van der Waals surface area (Å²) < 4.78 is 5.90. The summed E-state index contributed by atoms with van der Waals surface area (Å²) in [6.45, 7) is 6.44. The van der Waals surface area contributed by atoms with E-state index in [2.05, 4.69) is 50.4 Å². The van der Waals surface area contributed by atoms with Gasteiger partial charge in [-0.3, -0.25) is 9.59 Å². The summed E-state index contributed by atoms with van der Waals surface area (Å²) in [6, 6.07) is -0.695. The van der Waals surface area contributed by atoms with Gasteiger partial charge < -0.3 is 20.3 Å². The summed E-state index contributed by atoms with van der Waals surface area (Å²) in [5, 5.41) is 23.7. The second-order valence-corrected chi connectivity index (χ2v) is 17.6. The molecule has 0 bridgehead atoms. The van der Waals surface area contributed by atoms with Crippen LogP contribution in [-0.2, 0) is 14.3 Å². The first-order valence-corrected chi connectivity index (χ1v) is 25.6. The van der Waals surface area contributed by atoms with Crippen LogP contribution in [0.5, 0.6) is 0 Å². The molecule has 0 radical (unpaired) electrons. The van der Waals surface area contributed by atoms with E-state index in [0.717, 1.165) is 51.4 Å². The van der Waals surface area contributed by atoms with Crippen LogP contribution in [0.15, 0.2) is 24.3 Å². The Morgan fingerprint density at radius 3 is 1.34 bits per heavy atom. The standard InChI is InChI=1S/C52H99NO5/c1-4-7-10-13-16-18-20-22-23-24-25-26-27-29-31-33-36-39-42-45-52(57)58-48(43-40-37-34-15-12-9-6-3)46-51(56)53-49(47-54)50(55)44-41-38-35-32-30-28-21-19-17-14-11-8-5-2/h16,18,22-23,48-50,54-55H,4-15,17,19-21,24-47H2,1-3H3,(H,53,56)/b18-16-,23-22-. The lowest BCUT2D eigenvalue weighted by molar-refractivity contribution is -0.151. The highest BCUT2D eigenvalue weighted by molar-refractivity contribution is 5.77. The molecule has 6 heteroatoms. The van der Waals surface area contributed by atoms with Crippen LogP contribution in [0.3, 0.4) is 0 Å². The second kappa shape index (κ2) is 46.4. The maximum Gasteiger partial charge on any atom is 0.306 e. The summed E-state index contributed by atoms with van der Waals surface area (Å²) in [4.78, 5) is 26.0. The Bertz CT molecular complexity index is 919. The van der Waals surface area contributed by atoms with Gasteiger partial charge in [-0.1, -0.05) is 225 Å². The Hall–Kier alpha value is -1.66. The SMILES string of the molecule is CCCCC/C=C\C/C=C\CCCCCCCCCCCC(=O)OC(CCCCCCCCC)CC(=O)NC(CO)C(O)CCCCCCCCCCCCCCC. The first-order chi connectivity index (χ1) is 28.5. The summed E-state index contributed by atoms with van der Waals surface area (Å²) in [5.74, 6) is -0.472. The van der Waals surface area contributed by atoms with Crippen molar-refractivity contribution in [2.24, 2.45) is 0 Å². The summed E-state index contributed by atoms with van der Waals surface area (Å²) >= 11 is 0. The van der Waals surface area contributed by atoms with Crippen LogP contribution >= 0.6 is 0 Å². The number of aliphatic hydroxyl groups is 2. The van der Waals surface area contributed by atoms with Crippen molar-refractivity contribution in [2.45, 2.75) is 289 Å². The quantitative estimate of drug-likeness (QED) is 0.0323. The molecule has 3 N–H and O–H groups in total. The topological polar surface area (TPSA) is 95.9 Å². The molecule has 0 aliphatic heterocycles. The molecule has 0 aromatic rings. The number of unbranched alkanes of at least 4 members (excludes halogenated alkanes) is 30. The van der Waals surface area contributed by atoms with Gasteiger partial charge in [0, 0.05) is 6.42 Å². The van der Waals surface area contributed by atoms with E-state index in [1.54, 1.807) is 0 Å². The number of allylic oxidation sites excluding steroid dienone is 4. The predicted octanol–water partition coefficient (Wildman–Crippen LogP) is 15.1. The Balaban J connectivity index is 4.32. The molecule has 6 nitrogen and oxygen atoms in total. The van der Waals surface area contributed by atoms with Crippen LogP contribution in [0.4, 0.5) is 0 Å². The summed E-state index contributed by atoms with van der Waals surface area (Å²) in [7, 11) is 0. The summed E-state index contributed by atoms with van der Waals surface area (Å²) in [6.07, 6.45) is 52.5. The molecule has 0 aromatic heterocycles. The molecule has 0 aliphatic carbocycles. The highest BCUT2D eigenvalue weighted by atomic mass is 16.5. The van der Waals surface area contributed by atoms with Crippen LogP contribution in [0.2, 0.25) is 0 Å². The highest BCUT2D eigenvalue weighted by Crippen LogP contribution is 2.18. The molecule has 0 saturated carbocycles. The molecule has 342 valence electrons. The fraction of sp³-hybridized carbons (Fsp3) is 0.885. The number of nitrogens with one attached hydrogen (secondary N) is 1. The van der Waals surface area contributed by atoms with Crippen LogP contribution in [0, 0.1) is 0 Å². The first kappa shape index (κ1) is 56.3. The molecule has 58 heavy (non-hydrogen) atoms. The molecule has 0 aromatic carbocycles. The number of hydrogen-bond acceptors (Lipinski definition) is 5. The molecule has 0 spiro atoms. The van der Waals surface area contributed by atoms with E-state index in [4.69, 9.17) is 4.74 Å². The molecule has 0 saturated heterocycles. The van der Waals surface area contributed by atoms with E-state index in [-0.39, 0.29) is 24.9 Å². The van der Waals surface area contributed by atoms with E-state index in [9.17, 15) is 19.8 Å². The van der Waals surface area contributed by atoms with E-state index >= 15 is 0 Å².